The first-order valence-electron chi connectivity index (χ1n) is 12.3. The van der Waals surface area contributed by atoms with Gasteiger partial charge in [0, 0.05) is 13.2 Å². The maximum atomic E-state index is 8.73. The molecule has 0 saturated heterocycles. The molecule has 0 aromatic carbocycles. The lowest BCUT2D eigenvalue weighted by Crippen LogP contribution is -2.16. The first-order valence-corrected chi connectivity index (χ1v) is 12.3. The largest absolute Gasteiger partial charge is 0.396 e. The highest BCUT2D eigenvalue weighted by Gasteiger charge is 1.95. The predicted molar refractivity (Wildman–Crippen MR) is 119 cm³/mol. The maximum absolute atomic E-state index is 8.73. The number of aliphatic hydroxyl groups is 2. The minimum absolute atomic E-state index is 0.360. The van der Waals surface area contributed by atoms with E-state index in [4.69, 9.17) is 10.2 Å². The van der Waals surface area contributed by atoms with Crippen molar-refractivity contribution >= 4 is 0 Å². The Balaban J connectivity index is 2.95. The molecule has 0 unspecified atom stereocenters. The van der Waals surface area contributed by atoms with Gasteiger partial charge in [0.15, 0.2) is 0 Å². The summed E-state index contributed by atoms with van der Waals surface area (Å²) in [6, 6.07) is 0. The summed E-state index contributed by atoms with van der Waals surface area (Å²) in [4.78, 5) is 0. The van der Waals surface area contributed by atoms with Crippen LogP contribution in [0.1, 0.15) is 128 Å². The fourth-order valence-corrected chi connectivity index (χ4v) is 3.68. The van der Waals surface area contributed by atoms with Crippen LogP contribution in [0.2, 0.25) is 0 Å². The zero-order chi connectivity index (χ0) is 19.7. The second-order valence-electron chi connectivity index (χ2n) is 8.27. The Morgan fingerprint density at radius 1 is 0.296 bits per heavy atom. The molecule has 0 radical (unpaired) electrons. The summed E-state index contributed by atoms with van der Waals surface area (Å²) in [7, 11) is 0. The lowest BCUT2D eigenvalue weighted by Gasteiger charge is -2.05. The third-order valence-electron chi connectivity index (χ3n) is 5.52. The van der Waals surface area contributed by atoms with Gasteiger partial charge in [-0.3, -0.25) is 0 Å². The Bertz CT molecular complexity index is 225. The molecule has 0 aliphatic carbocycles. The van der Waals surface area contributed by atoms with E-state index in [0.717, 1.165) is 12.8 Å². The third kappa shape index (κ3) is 25.9. The molecule has 3 nitrogen and oxygen atoms in total. The van der Waals surface area contributed by atoms with E-state index in [0.29, 0.717) is 13.2 Å². The number of nitrogens with one attached hydrogen (secondary N) is 1. The van der Waals surface area contributed by atoms with E-state index in [2.05, 4.69) is 5.32 Å². The van der Waals surface area contributed by atoms with Gasteiger partial charge < -0.3 is 15.5 Å². The Morgan fingerprint density at radius 3 is 0.778 bits per heavy atom. The lowest BCUT2D eigenvalue weighted by molar-refractivity contribution is 0.282. The Morgan fingerprint density at radius 2 is 0.519 bits per heavy atom. The van der Waals surface area contributed by atoms with E-state index in [1.54, 1.807) is 0 Å². The van der Waals surface area contributed by atoms with Gasteiger partial charge in [0.1, 0.15) is 0 Å². The van der Waals surface area contributed by atoms with Crippen LogP contribution in [0.25, 0.3) is 0 Å². The molecular weight excluding hydrogens is 334 g/mol. The number of hydrogen-bond acceptors (Lipinski definition) is 3. The van der Waals surface area contributed by atoms with Crippen LogP contribution in [0.4, 0.5) is 0 Å². The molecule has 0 aliphatic heterocycles. The van der Waals surface area contributed by atoms with Crippen molar-refractivity contribution < 1.29 is 10.2 Å². The van der Waals surface area contributed by atoms with Crippen molar-refractivity contribution in [1.29, 1.82) is 0 Å². The second-order valence-corrected chi connectivity index (χ2v) is 8.27. The van der Waals surface area contributed by atoms with Gasteiger partial charge in [-0.15, -0.1) is 0 Å². The molecule has 0 heterocycles. The summed E-state index contributed by atoms with van der Waals surface area (Å²) in [5.74, 6) is 0. The Kier molecular flexibility index (Phi) is 25.8. The summed E-state index contributed by atoms with van der Waals surface area (Å²) in [6.45, 7) is 3.12. The molecule has 0 fully saturated rings. The number of aliphatic hydroxyl groups excluding tert-OH is 2. The van der Waals surface area contributed by atoms with Gasteiger partial charge in [0.25, 0.3) is 0 Å². The van der Waals surface area contributed by atoms with E-state index in [9.17, 15) is 0 Å². The molecule has 0 aromatic rings. The maximum Gasteiger partial charge on any atom is 0.0431 e. The highest BCUT2D eigenvalue weighted by Crippen LogP contribution is 2.12. The zero-order valence-electron chi connectivity index (χ0n) is 18.4. The molecule has 164 valence electrons. The first kappa shape index (κ1) is 26.9. The summed E-state index contributed by atoms with van der Waals surface area (Å²) in [5, 5.41) is 21.1. The summed E-state index contributed by atoms with van der Waals surface area (Å²) in [5.41, 5.74) is 0. The number of unbranched alkanes of at least 4 members (excludes halogenated alkanes) is 18. The first-order chi connectivity index (χ1) is 13.4. The van der Waals surface area contributed by atoms with E-state index in [-0.39, 0.29) is 0 Å². The third-order valence-corrected chi connectivity index (χ3v) is 5.52. The van der Waals surface area contributed by atoms with Crippen LogP contribution in [0.5, 0.6) is 0 Å². The summed E-state index contributed by atoms with van der Waals surface area (Å²) >= 11 is 0. The van der Waals surface area contributed by atoms with Gasteiger partial charge in [0.05, 0.1) is 0 Å². The van der Waals surface area contributed by atoms with Crippen molar-refractivity contribution in [2.45, 2.75) is 128 Å². The predicted octanol–water partition coefficient (Wildman–Crippen LogP) is 6.36. The molecule has 0 atom stereocenters. The van der Waals surface area contributed by atoms with Gasteiger partial charge in [-0.2, -0.15) is 0 Å². The quantitative estimate of drug-likeness (QED) is 0.169. The van der Waals surface area contributed by atoms with Gasteiger partial charge in [-0.1, -0.05) is 103 Å². The summed E-state index contributed by atoms with van der Waals surface area (Å²) < 4.78 is 0. The standard InChI is InChI=1S/C24H51NO2/c26-23-19-15-11-7-4-2-1-3-5-9-13-17-21-25-22-18-14-10-6-8-12-16-20-24-27/h25-27H,1-24H2. The van der Waals surface area contributed by atoms with E-state index < -0.39 is 0 Å². The minimum Gasteiger partial charge on any atom is -0.396 e. The van der Waals surface area contributed by atoms with E-state index >= 15 is 0 Å². The van der Waals surface area contributed by atoms with E-state index in [1.807, 2.05) is 0 Å². The smallest absolute Gasteiger partial charge is 0.0431 e. The fourth-order valence-electron chi connectivity index (χ4n) is 3.68. The van der Waals surface area contributed by atoms with E-state index in [1.165, 1.54) is 129 Å². The minimum atomic E-state index is 0.360. The molecular formula is C24H51NO2. The molecule has 0 aromatic heterocycles. The van der Waals surface area contributed by atoms with Crippen LogP contribution in [-0.4, -0.2) is 36.5 Å². The SMILES string of the molecule is OCCCCCCCCCCCCCCNCCCCCCCCCCO. The van der Waals surface area contributed by atoms with Crippen molar-refractivity contribution in [3.05, 3.63) is 0 Å². The number of hydrogen-bond donors (Lipinski definition) is 3. The van der Waals surface area contributed by atoms with Crippen LogP contribution >= 0.6 is 0 Å². The molecule has 3 heteroatoms. The van der Waals surface area contributed by atoms with Crippen LogP contribution in [0.15, 0.2) is 0 Å². The molecule has 0 bridgehead atoms. The van der Waals surface area contributed by atoms with Crippen LogP contribution in [0, 0.1) is 0 Å². The van der Waals surface area contributed by atoms with Crippen LogP contribution in [0.3, 0.4) is 0 Å². The molecule has 0 aliphatic rings. The Labute approximate surface area is 170 Å². The van der Waals surface area contributed by atoms with Crippen molar-refractivity contribution in [2.24, 2.45) is 0 Å². The average Bonchev–Trinajstić information content (AvgIpc) is 2.68. The number of rotatable bonds is 24. The highest BCUT2D eigenvalue weighted by molar-refractivity contribution is 4.53. The van der Waals surface area contributed by atoms with Gasteiger partial charge in [-0.25, -0.2) is 0 Å². The Hall–Kier alpha value is -0.120. The van der Waals surface area contributed by atoms with Gasteiger partial charge >= 0.3 is 0 Å². The van der Waals surface area contributed by atoms with Gasteiger partial charge in [-0.05, 0) is 38.8 Å². The van der Waals surface area contributed by atoms with Crippen molar-refractivity contribution in [3.63, 3.8) is 0 Å². The van der Waals surface area contributed by atoms with Crippen molar-refractivity contribution in [3.8, 4) is 0 Å². The lowest BCUT2D eigenvalue weighted by atomic mass is 10.1. The molecule has 0 saturated carbocycles. The fraction of sp³-hybridized carbons (Fsp3) is 1.00. The molecule has 3 N–H and O–H groups in total. The second kappa shape index (κ2) is 25.9. The monoisotopic (exact) mass is 385 g/mol. The van der Waals surface area contributed by atoms with Crippen LogP contribution in [-0.2, 0) is 0 Å². The molecule has 0 amide bonds. The molecule has 27 heavy (non-hydrogen) atoms. The zero-order valence-corrected chi connectivity index (χ0v) is 18.4. The van der Waals surface area contributed by atoms with Crippen LogP contribution < -0.4 is 5.32 Å². The normalized spacial score (nSPS) is 11.3. The molecule has 0 spiro atoms. The topological polar surface area (TPSA) is 52.5 Å². The highest BCUT2D eigenvalue weighted by atomic mass is 16.3. The van der Waals surface area contributed by atoms with Gasteiger partial charge in [0.2, 0.25) is 0 Å². The summed E-state index contributed by atoms with van der Waals surface area (Å²) in [6.07, 6.45) is 26.3. The average molecular weight is 386 g/mol. The molecule has 0 rings (SSSR count). The van der Waals surface area contributed by atoms with Crippen molar-refractivity contribution in [1.82, 2.24) is 5.32 Å². The van der Waals surface area contributed by atoms with Crippen molar-refractivity contribution in [2.75, 3.05) is 26.3 Å².